The van der Waals surface area contributed by atoms with Crippen molar-refractivity contribution in [2.75, 3.05) is 12.5 Å². The van der Waals surface area contributed by atoms with Gasteiger partial charge in [-0.25, -0.2) is 0 Å². The zero-order chi connectivity index (χ0) is 15.5. The van der Waals surface area contributed by atoms with E-state index in [1.807, 2.05) is 25.1 Å². The van der Waals surface area contributed by atoms with Gasteiger partial charge in [0.15, 0.2) is 17.3 Å². The van der Waals surface area contributed by atoms with Gasteiger partial charge in [-0.1, -0.05) is 6.07 Å². The predicted molar refractivity (Wildman–Crippen MR) is 84.1 cm³/mol. The van der Waals surface area contributed by atoms with Gasteiger partial charge in [0.05, 0.1) is 6.04 Å². The molecule has 0 saturated carbocycles. The summed E-state index contributed by atoms with van der Waals surface area (Å²) in [5, 5.41) is 3.23. The Hall–Kier alpha value is -2.53. The number of carbonyl (C=O) groups excluding carboxylic acids is 1. The number of ether oxygens (including phenoxy) is 2. The van der Waals surface area contributed by atoms with Crippen LogP contribution in [-0.2, 0) is 6.54 Å². The Balaban J connectivity index is 1.61. The molecule has 2 aromatic rings. The molecule has 1 aliphatic heterocycles. The fourth-order valence-electron chi connectivity index (χ4n) is 2.31. The molecule has 0 aliphatic carbocycles. The number of anilines is 1. The zero-order valence-electron chi connectivity index (χ0n) is 12.3. The number of benzene rings is 2. The Morgan fingerprint density at radius 2 is 1.91 bits per heavy atom. The fourth-order valence-corrected chi connectivity index (χ4v) is 2.31. The number of fused-ring (bicyclic) bond motifs is 1. The van der Waals surface area contributed by atoms with Gasteiger partial charge in [-0.2, -0.15) is 0 Å². The maximum Gasteiger partial charge on any atom is 0.231 e. The molecule has 0 spiro atoms. The van der Waals surface area contributed by atoms with Gasteiger partial charge < -0.3 is 20.5 Å². The Kier molecular flexibility index (Phi) is 3.98. The minimum Gasteiger partial charge on any atom is -0.454 e. The highest BCUT2D eigenvalue weighted by Crippen LogP contribution is 2.32. The molecule has 0 saturated heterocycles. The van der Waals surface area contributed by atoms with Crippen molar-refractivity contribution in [3.63, 3.8) is 0 Å². The van der Waals surface area contributed by atoms with Crippen LogP contribution in [0.2, 0.25) is 0 Å². The largest absolute Gasteiger partial charge is 0.454 e. The lowest BCUT2D eigenvalue weighted by molar-refractivity contribution is 0.0950. The van der Waals surface area contributed by atoms with Crippen LogP contribution in [0.3, 0.4) is 0 Å². The third-order valence-electron chi connectivity index (χ3n) is 3.64. The molecule has 1 atom stereocenters. The van der Waals surface area contributed by atoms with Crippen LogP contribution in [0.1, 0.15) is 22.8 Å². The Labute approximate surface area is 129 Å². The predicted octanol–water partition coefficient (Wildman–Crippen LogP) is 2.36. The molecular weight excluding hydrogens is 280 g/mol. The normalized spacial score (nSPS) is 13.9. The van der Waals surface area contributed by atoms with Crippen molar-refractivity contribution >= 4 is 11.5 Å². The van der Waals surface area contributed by atoms with Crippen LogP contribution < -0.4 is 20.5 Å². The number of nitrogens with one attached hydrogen (secondary N) is 1. The van der Waals surface area contributed by atoms with Gasteiger partial charge in [0, 0.05) is 17.8 Å². The zero-order valence-corrected chi connectivity index (χ0v) is 12.3. The van der Waals surface area contributed by atoms with E-state index in [-0.39, 0.29) is 18.6 Å². The van der Waals surface area contributed by atoms with E-state index in [1.165, 1.54) is 0 Å². The molecule has 0 fully saturated rings. The van der Waals surface area contributed by atoms with Crippen molar-refractivity contribution in [2.24, 2.45) is 0 Å². The molecule has 0 aromatic heterocycles. The minimum atomic E-state index is -0.283. The molecule has 3 N–H and O–H groups in total. The first-order valence-electron chi connectivity index (χ1n) is 7.15. The highest BCUT2D eigenvalue weighted by atomic mass is 16.7. The summed E-state index contributed by atoms with van der Waals surface area (Å²) in [6.45, 7) is 2.70. The van der Waals surface area contributed by atoms with Gasteiger partial charge in [-0.05, 0) is 48.9 Å². The lowest BCUT2D eigenvalue weighted by Gasteiger charge is -2.13. The molecule has 0 amide bonds. The van der Waals surface area contributed by atoms with Crippen LogP contribution >= 0.6 is 0 Å². The van der Waals surface area contributed by atoms with Crippen molar-refractivity contribution in [1.82, 2.24) is 5.32 Å². The van der Waals surface area contributed by atoms with E-state index in [0.29, 0.717) is 17.8 Å². The first-order valence-corrected chi connectivity index (χ1v) is 7.15. The summed E-state index contributed by atoms with van der Waals surface area (Å²) < 4.78 is 10.6. The Morgan fingerprint density at radius 3 is 2.68 bits per heavy atom. The van der Waals surface area contributed by atoms with E-state index >= 15 is 0 Å². The standard InChI is InChI=1S/C17H18N2O3/c1-11(17(20)13-3-5-14(18)6-4-13)19-9-12-2-7-15-16(8-12)22-10-21-15/h2-8,11,19H,9-10,18H2,1H3. The molecule has 5 heteroatoms. The second-order valence-electron chi connectivity index (χ2n) is 5.28. The number of nitrogen functional groups attached to an aromatic ring is 1. The number of Topliss-reactive ketones (excluding diaryl/α,β-unsaturated/α-hetero) is 1. The summed E-state index contributed by atoms with van der Waals surface area (Å²) in [6, 6.07) is 12.4. The average molecular weight is 298 g/mol. The lowest BCUT2D eigenvalue weighted by Crippen LogP contribution is -2.33. The summed E-state index contributed by atoms with van der Waals surface area (Å²) in [5.74, 6) is 1.55. The summed E-state index contributed by atoms with van der Waals surface area (Å²) in [6.07, 6.45) is 0. The number of carbonyl (C=O) groups is 1. The first-order chi connectivity index (χ1) is 10.6. The van der Waals surface area contributed by atoms with Crippen molar-refractivity contribution in [2.45, 2.75) is 19.5 Å². The SMILES string of the molecule is CC(NCc1ccc2c(c1)OCO2)C(=O)c1ccc(N)cc1. The number of ketones is 1. The highest BCUT2D eigenvalue weighted by Gasteiger charge is 2.16. The number of hydrogen-bond donors (Lipinski definition) is 2. The summed E-state index contributed by atoms with van der Waals surface area (Å²) in [5.41, 5.74) is 7.98. The topological polar surface area (TPSA) is 73.6 Å². The second-order valence-corrected chi connectivity index (χ2v) is 5.28. The van der Waals surface area contributed by atoms with Gasteiger partial charge in [0.2, 0.25) is 6.79 Å². The van der Waals surface area contributed by atoms with Crippen LogP contribution in [0, 0.1) is 0 Å². The third kappa shape index (κ3) is 3.04. The lowest BCUT2D eigenvalue weighted by atomic mass is 10.0. The average Bonchev–Trinajstić information content (AvgIpc) is 3.00. The molecule has 1 unspecified atom stereocenters. The summed E-state index contributed by atoms with van der Waals surface area (Å²) in [4.78, 5) is 12.3. The smallest absolute Gasteiger partial charge is 0.231 e. The molecule has 3 rings (SSSR count). The molecule has 114 valence electrons. The third-order valence-corrected chi connectivity index (χ3v) is 3.64. The molecule has 0 bridgehead atoms. The number of nitrogens with two attached hydrogens (primary N) is 1. The minimum absolute atomic E-state index is 0.0424. The first kappa shape index (κ1) is 14.4. The molecule has 5 nitrogen and oxygen atoms in total. The van der Waals surface area contributed by atoms with Gasteiger partial charge in [-0.15, -0.1) is 0 Å². The van der Waals surface area contributed by atoms with E-state index in [0.717, 1.165) is 17.1 Å². The molecule has 0 radical (unpaired) electrons. The van der Waals surface area contributed by atoms with Crippen molar-refractivity contribution in [3.8, 4) is 11.5 Å². The van der Waals surface area contributed by atoms with Crippen molar-refractivity contribution < 1.29 is 14.3 Å². The number of rotatable bonds is 5. The molecule has 1 heterocycles. The van der Waals surface area contributed by atoms with E-state index in [2.05, 4.69) is 5.32 Å². The van der Waals surface area contributed by atoms with Crippen molar-refractivity contribution in [3.05, 3.63) is 53.6 Å². The van der Waals surface area contributed by atoms with Crippen LogP contribution in [0.25, 0.3) is 0 Å². The van der Waals surface area contributed by atoms with Gasteiger partial charge >= 0.3 is 0 Å². The molecule has 22 heavy (non-hydrogen) atoms. The van der Waals surface area contributed by atoms with Gasteiger partial charge in [0.1, 0.15) is 0 Å². The van der Waals surface area contributed by atoms with Crippen LogP contribution in [-0.4, -0.2) is 18.6 Å². The molecule has 1 aliphatic rings. The molecule has 2 aromatic carbocycles. The molecular formula is C17H18N2O3. The van der Waals surface area contributed by atoms with Crippen LogP contribution in [0.15, 0.2) is 42.5 Å². The van der Waals surface area contributed by atoms with E-state index in [9.17, 15) is 4.79 Å². The fraction of sp³-hybridized carbons (Fsp3) is 0.235. The Morgan fingerprint density at radius 1 is 1.18 bits per heavy atom. The highest BCUT2D eigenvalue weighted by molar-refractivity contribution is 6.00. The Bertz CT molecular complexity index is 683. The second kappa shape index (κ2) is 6.07. The van der Waals surface area contributed by atoms with E-state index in [4.69, 9.17) is 15.2 Å². The van der Waals surface area contributed by atoms with E-state index < -0.39 is 0 Å². The van der Waals surface area contributed by atoms with Crippen molar-refractivity contribution in [1.29, 1.82) is 0 Å². The van der Waals surface area contributed by atoms with E-state index in [1.54, 1.807) is 24.3 Å². The number of hydrogen-bond acceptors (Lipinski definition) is 5. The monoisotopic (exact) mass is 298 g/mol. The van der Waals surface area contributed by atoms with Crippen LogP contribution in [0.5, 0.6) is 11.5 Å². The van der Waals surface area contributed by atoms with Gasteiger partial charge in [0.25, 0.3) is 0 Å². The summed E-state index contributed by atoms with van der Waals surface area (Å²) in [7, 11) is 0. The maximum atomic E-state index is 12.3. The van der Waals surface area contributed by atoms with Gasteiger partial charge in [-0.3, -0.25) is 4.79 Å². The quantitative estimate of drug-likeness (QED) is 0.655. The maximum absolute atomic E-state index is 12.3. The van der Waals surface area contributed by atoms with Crippen LogP contribution in [0.4, 0.5) is 5.69 Å². The summed E-state index contributed by atoms with van der Waals surface area (Å²) >= 11 is 0.